The molecule has 1 atom stereocenters. The molecule has 1 aliphatic heterocycles. The van der Waals surface area contributed by atoms with E-state index in [1.807, 2.05) is 25.2 Å². The maximum Gasteiger partial charge on any atom is 0.169 e. The minimum Gasteiger partial charge on any atom is -0.337 e. The van der Waals surface area contributed by atoms with Gasteiger partial charge in [-0.3, -0.25) is 0 Å². The summed E-state index contributed by atoms with van der Waals surface area (Å²) in [7, 11) is 2.04. The Morgan fingerprint density at radius 3 is 2.80 bits per heavy atom. The van der Waals surface area contributed by atoms with Crippen LogP contribution in [0.3, 0.4) is 0 Å². The number of rotatable bonds is 2. The van der Waals surface area contributed by atoms with Crippen LogP contribution < -0.4 is 0 Å². The molecular weight excluding hydrogens is 268 g/mol. The normalized spacial score (nSPS) is 25.1. The quantitative estimate of drug-likeness (QED) is 0.566. The number of aliphatic imine (C=N–C) groups is 1. The lowest BCUT2D eigenvalue weighted by Crippen LogP contribution is -2.46. The number of para-hydroxylation sites is 1. The van der Waals surface area contributed by atoms with Gasteiger partial charge in [-0.2, -0.15) is 0 Å². The Bertz CT molecular complexity index is 615. The highest BCUT2D eigenvalue weighted by atomic mass is 35.5. The van der Waals surface area contributed by atoms with Gasteiger partial charge >= 0.3 is 0 Å². The first-order valence-electron chi connectivity index (χ1n) is 7.15. The molecule has 3 rings (SSSR count). The summed E-state index contributed by atoms with van der Waals surface area (Å²) in [5, 5.41) is 0. The second-order valence-electron chi connectivity index (χ2n) is 5.22. The summed E-state index contributed by atoms with van der Waals surface area (Å²) in [5.74, 6) is 1.03. The van der Waals surface area contributed by atoms with Crippen molar-refractivity contribution in [2.45, 2.75) is 31.2 Å². The number of benzene rings is 1. The van der Waals surface area contributed by atoms with Crippen LogP contribution in [0.2, 0.25) is 0 Å². The molecule has 104 valence electrons. The van der Waals surface area contributed by atoms with Crippen LogP contribution in [0.5, 0.6) is 0 Å². The van der Waals surface area contributed by atoms with Gasteiger partial charge in [-0.15, -0.1) is 0 Å². The van der Waals surface area contributed by atoms with Gasteiger partial charge in [0.25, 0.3) is 0 Å². The smallest absolute Gasteiger partial charge is 0.169 e. The van der Waals surface area contributed by atoms with E-state index >= 15 is 0 Å². The Kier molecular flexibility index (Phi) is 3.43. The van der Waals surface area contributed by atoms with Crippen molar-refractivity contribution in [3.05, 3.63) is 53.6 Å². The van der Waals surface area contributed by atoms with Crippen LogP contribution in [0.4, 0.5) is 5.69 Å². The highest BCUT2D eigenvalue weighted by Gasteiger charge is 2.42. The number of hydrogen-bond donors (Lipinski definition) is 0. The van der Waals surface area contributed by atoms with Gasteiger partial charge < -0.3 is 4.90 Å². The summed E-state index contributed by atoms with van der Waals surface area (Å²) in [6.45, 7) is 2.12. The number of nitrogens with zero attached hydrogens (tertiary/aromatic N) is 2. The Balaban J connectivity index is 2.20. The standard InChI is InChI=1S/C17H19ClN2/c1-3-16-19-15-12-8-7-11-14(15)17(18,20(16)2)13-9-5-4-6-10-13/h5,7-12H,3-4,6H2,1-2H3. The maximum absolute atomic E-state index is 7.13. The van der Waals surface area contributed by atoms with Crippen molar-refractivity contribution in [3.8, 4) is 0 Å². The van der Waals surface area contributed by atoms with Crippen LogP contribution in [0.25, 0.3) is 0 Å². The molecule has 0 radical (unpaired) electrons. The predicted octanol–water partition coefficient (Wildman–Crippen LogP) is 4.74. The second kappa shape index (κ2) is 5.10. The molecular formula is C17H19ClN2. The van der Waals surface area contributed by atoms with Crippen LogP contribution in [-0.4, -0.2) is 17.8 Å². The second-order valence-corrected chi connectivity index (χ2v) is 5.77. The van der Waals surface area contributed by atoms with E-state index in [4.69, 9.17) is 16.6 Å². The first kappa shape index (κ1) is 13.4. The third-order valence-corrected chi connectivity index (χ3v) is 4.73. The van der Waals surface area contributed by atoms with Crippen LogP contribution in [-0.2, 0) is 5.00 Å². The molecule has 0 amide bonds. The van der Waals surface area contributed by atoms with Crippen molar-refractivity contribution in [1.29, 1.82) is 0 Å². The fourth-order valence-corrected chi connectivity index (χ4v) is 3.35. The molecule has 2 nitrogen and oxygen atoms in total. The van der Waals surface area contributed by atoms with E-state index in [0.717, 1.165) is 41.9 Å². The van der Waals surface area contributed by atoms with E-state index in [0.29, 0.717) is 0 Å². The fraction of sp³-hybridized carbons (Fsp3) is 0.353. The Morgan fingerprint density at radius 2 is 2.10 bits per heavy atom. The minimum absolute atomic E-state index is 0.638. The maximum atomic E-state index is 7.13. The highest BCUT2D eigenvalue weighted by Crippen LogP contribution is 2.48. The van der Waals surface area contributed by atoms with Gasteiger partial charge in [0, 0.05) is 19.0 Å². The van der Waals surface area contributed by atoms with Crippen LogP contribution in [0.1, 0.15) is 31.7 Å². The molecule has 3 heteroatoms. The van der Waals surface area contributed by atoms with Crippen molar-refractivity contribution in [3.63, 3.8) is 0 Å². The summed E-state index contributed by atoms with van der Waals surface area (Å²) < 4.78 is 0. The number of hydrogen-bond acceptors (Lipinski definition) is 2. The lowest BCUT2D eigenvalue weighted by atomic mass is 9.90. The number of allylic oxidation sites excluding steroid dienone is 2. The van der Waals surface area contributed by atoms with Crippen molar-refractivity contribution in [2.75, 3.05) is 7.05 Å². The largest absolute Gasteiger partial charge is 0.337 e. The molecule has 1 aromatic rings. The van der Waals surface area contributed by atoms with E-state index in [1.54, 1.807) is 0 Å². The number of fused-ring (bicyclic) bond motifs is 1. The SMILES string of the molecule is CCC1=Nc2ccccc2C(Cl)(C2=CCCC=C2)N1C. The number of likely N-dealkylation sites (N-methyl/N-ethyl adjacent to an activating group) is 1. The van der Waals surface area contributed by atoms with Crippen LogP contribution in [0.15, 0.2) is 53.1 Å². The van der Waals surface area contributed by atoms with E-state index in [1.165, 1.54) is 0 Å². The van der Waals surface area contributed by atoms with Gasteiger partial charge in [0.05, 0.1) is 5.69 Å². The van der Waals surface area contributed by atoms with Gasteiger partial charge in [0.1, 0.15) is 5.84 Å². The average Bonchev–Trinajstić information content (AvgIpc) is 2.51. The number of halogens is 1. The Morgan fingerprint density at radius 1 is 1.30 bits per heavy atom. The molecule has 1 heterocycles. The summed E-state index contributed by atoms with van der Waals surface area (Å²) in [6, 6.07) is 8.17. The highest BCUT2D eigenvalue weighted by molar-refractivity contribution is 6.28. The van der Waals surface area contributed by atoms with Crippen molar-refractivity contribution < 1.29 is 0 Å². The van der Waals surface area contributed by atoms with E-state index in [-0.39, 0.29) is 0 Å². The molecule has 0 bridgehead atoms. The molecule has 0 spiro atoms. The zero-order chi connectivity index (χ0) is 14.2. The third-order valence-electron chi connectivity index (χ3n) is 4.05. The molecule has 0 saturated carbocycles. The van der Waals surface area contributed by atoms with Gasteiger partial charge in [-0.1, -0.05) is 55.0 Å². The lowest BCUT2D eigenvalue weighted by Gasteiger charge is -2.43. The molecule has 0 N–H and O–H groups in total. The predicted molar refractivity (Wildman–Crippen MR) is 85.6 cm³/mol. The molecule has 2 aliphatic rings. The van der Waals surface area contributed by atoms with Crippen molar-refractivity contribution in [1.82, 2.24) is 4.90 Å². The van der Waals surface area contributed by atoms with E-state index in [2.05, 4.69) is 36.1 Å². The van der Waals surface area contributed by atoms with E-state index in [9.17, 15) is 0 Å². The van der Waals surface area contributed by atoms with Gasteiger partial charge in [0.15, 0.2) is 5.00 Å². The number of alkyl halides is 1. The fourth-order valence-electron chi connectivity index (χ4n) is 2.95. The zero-order valence-electron chi connectivity index (χ0n) is 11.9. The first-order valence-corrected chi connectivity index (χ1v) is 7.52. The van der Waals surface area contributed by atoms with E-state index < -0.39 is 5.00 Å². The summed E-state index contributed by atoms with van der Waals surface area (Å²) in [5.41, 5.74) is 3.21. The Hall–Kier alpha value is -1.54. The first-order chi connectivity index (χ1) is 9.67. The minimum atomic E-state index is -0.638. The monoisotopic (exact) mass is 286 g/mol. The molecule has 20 heavy (non-hydrogen) atoms. The third kappa shape index (κ3) is 1.90. The molecule has 1 aromatic carbocycles. The molecule has 0 fully saturated rings. The molecule has 0 saturated heterocycles. The lowest BCUT2D eigenvalue weighted by molar-refractivity contribution is 0.360. The Labute approximate surface area is 125 Å². The summed E-state index contributed by atoms with van der Waals surface area (Å²) >= 11 is 7.13. The van der Waals surface area contributed by atoms with Crippen LogP contribution in [0, 0.1) is 0 Å². The summed E-state index contributed by atoms with van der Waals surface area (Å²) in [4.78, 5) is 6.21. The molecule has 0 aromatic heterocycles. The number of amidine groups is 1. The van der Waals surface area contributed by atoms with Crippen LogP contribution >= 0.6 is 11.6 Å². The van der Waals surface area contributed by atoms with Gasteiger partial charge in [-0.05, 0) is 24.5 Å². The topological polar surface area (TPSA) is 15.6 Å². The molecule has 1 aliphatic carbocycles. The van der Waals surface area contributed by atoms with Crippen molar-refractivity contribution in [2.24, 2.45) is 4.99 Å². The summed E-state index contributed by atoms with van der Waals surface area (Å²) in [6.07, 6.45) is 9.62. The molecule has 1 unspecified atom stereocenters. The van der Waals surface area contributed by atoms with Gasteiger partial charge in [0.2, 0.25) is 0 Å². The average molecular weight is 287 g/mol. The van der Waals surface area contributed by atoms with Gasteiger partial charge in [-0.25, -0.2) is 4.99 Å². The van der Waals surface area contributed by atoms with Crippen molar-refractivity contribution >= 4 is 23.1 Å². The zero-order valence-corrected chi connectivity index (χ0v) is 12.7.